The minimum atomic E-state index is -4.88. The first-order valence-electron chi connectivity index (χ1n) is 14.6. The first-order chi connectivity index (χ1) is 20.6. The number of nitrogens with zero attached hydrogens (tertiary/aromatic N) is 6. The van der Waals surface area contributed by atoms with Gasteiger partial charge in [-0.1, -0.05) is 20.8 Å². The molecule has 1 atom stereocenters. The van der Waals surface area contributed by atoms with Crippen molar-refractivity contribution in [3.63, 3.8) is 0 Å². The quantitative estimate of drug-likeness (QED) is 0.152. The van der Waals surface area contributed by atoms with E-state index >= 15 is 0 Å². The zero-order valence-corrected chi connectivity index (χ0v) is 26.6. The molecule has 0 aromatic carbocycles. The highest BCUT2D eigenvalue weighted by molar-refractivity contribution is 6.74. The third kappa shape index (κ3) is 6.23. The Hall–Kier alpha value is -3.76. The first kappa shape index (κ1) is 31.7. The molecule has 0 radical (unpaired) electrons. The molecule has 1 fully saturated rings. The molecule has 1 unspecified atom stereocenters. The van der Waals surface area contributed by atoms with E-state index in [4.69, 9.17) is 9.16 Å². The Kier molecular flexibility index (Phi) is 8.37. The lowest BCUT2D eigenvalue weighted by Gasteiger charge is -2.41. The summed E-state index contributed by atoms with van der Waals surface area (Å²) in [5, 5.41) is 18.7. The predicted octanol–water partition coefficient (Wildman–Crippen LogP) is 8.10. The van der Waals surface area contributed by atoms with Crippen LogP contribution in [0.15, 0.2) is 43.0 Å². The number of alkyl halides is 3. The van der Waals surface area contributed by atoms with Crippen LogP contribution >= 0.6 is 0 Å². The Morgan fingerprint density at radius 1 is 1.05 bits per heavy atom. The second kappa shape index (κ2) is 11.6. The van der Waals surface area contributed by atoms with E-state index in [1.807, 2.05) is 17.7 Å². The lowest BCUT2D eigenvalue weighted by molar-refractivity contribution is -0.198. The highest BCUT2D eigenvalue weighted by Gasteiger charge is 2.45. The fourth-order valence-corrected chi connectivity index (χ4v) is 6.87. The summed E-state index contributed by atoms with van der Waals surface area (Å²) in [6, 6.07) is 5.40. The fourth-order valence-electron chi connectivity index (χ4n) is 5.44. The summed E-state index contributed by atoms with van der Waals surface area (Å²) in [6.07, 6.45) is 1.79. The second-order valence-electron chi connectivity index (χ2n) is 12.9. The molecule has 8 nitrogen and oxygen atoms in total. The number of pyridine rings is 2. The van der Waals surface area contributed by atoms with Crippen LogP contribution in [0.25, 0.3) is 16.6 Å². The number of halogens is 4. The van der Waals surface area contributed by atoms with E-state index in [-0.39, 0.29) is 34.0 Å². The number of rotatable bonds is 7. The summed E-state index contributed by atoms with van der Waals surface area (Å²) < 4.78 is 71.6. The highest BCUT2D eigenvalue weighted by Crippen LogP contribution is 2.42. The van der Waals surface area contributed by atoms with Gasteiger partial charge in [-0.05, 0) is 68.9 Å². The molecule has 0 aliphatic heterocycles. The van der Waals surface area contributed by atoms with Crippen LogP contribution in [0.3, 0.4) is 0 Å². The van der Waals surface area contributed by atoms with Crippen molar-refractivity contribution in [1.82, 2.24) is 24.4 Å². The van der Waals surface area contributed by atoms with Gasteiger partial charge >= 0.3 is 6.18 Å². The molecular weight excluding hydrogens is 592 g/mol. The normalized spacial score (nSPS) is 18.8. The summed E-state index contributed by atoms with van der Waals surface area (Å²) >= 11 is 0. The van der Waals surface area contributed by atoms with Gasteiger partial charge in [-0.15, -0.1) is 0 Å². The third-order valence-electron chi connectivity index (χ3n) is 8.87. The molecule has 1 aliphatic carbocycles. The first-order valence-corrected chi connectivity index (χ1v) is 17.5. The van der Waals surface area contributed by atoms with Gasteiger partial charge in [0.15, 0.2) is 8.32 Å². The van der Waals surface area contributed by atoms with Crippen LogP contribution in [0.2, 0.25) is 18.1 Å². The van der Waals surface area contributed by atoms with Crippen LogP contribution in [0.4, 0.5) is 17.6 Å². The van der Waals surface area contributed by atoms with Crippen molar-refractivity contribution in [3.05, 3.63) is 65.8 Å². The summed E-state index contributed by atoms with van der Waals surface area (Å²) in [4.78, 5) is 3.61. The largest absolute Gasteiger partial charge is 0.472 e. The average Bonchev–Trinajstić information content (AvgIpc) is 3.54. The molecule has 1 saturated carbocycles. The molecule has 5 rings (SSSR count). The molecule has 0 N–H and O–H groups in total. The number of nitriles is 1. The lowest BCUT2D eigenvalue weighted by Crippen LogP contribution is -2.44. The van der Waals surface area contributed by atoms with E-state index in [2.05, 4.69) is 49.0 Å². The Labute approximate surface area is 254 Å². The maximum absolute atomic E-state index is 14.2. The molecule has 44 heavy (non-hydrogen) atoms. The maximum Gasteiger partial charge on any atom is 0.431 e. The van der Waals surface area contributed by atoms with Crippen molar-refractivity contribution in [1.29, 1.82) is 5.26 Å². The summed E-state index contributed by atoms with van der Waals surface area (Å²) in [6.45, 7) is 13.2. The van der Waals surface area contributed by atoms with Crippen LogP contribution in [0, 0.1) is 24.1 Å². The Bertz CT molecular complexity index is 1680. The van der Waals surface area contributed by atoms with Crippen LogP contribution in [-0.4, -0.2) is 45.0 Å². The highest BCUT2D eigenvalue weighted by atomic mass is 28.4. The van der Waals surface area contributed by atoms with E-state index in [0.717, 1.165) is 43.5 Å². The summed E-state index contributed by atoms with van der Waals surface area (Å²) in [5.74, 6) is -0.980. The molecule has 0 saturated heterocycles. The van der Waals surface area contributed by atoms with Gasteiger partial charge in [-0.25, -0.2) is 8.91 Å². The number of fused-ring (bicyclic) bond motifs is 1. The molecule has 0 amide bonds. The van der Waals surface area contributed by atoms with E-state index in [1.165, 1.54) is 16.8 Å². The molecule has 4 heterocycles. The molecule has 13 heteroatoms. The molecule has 1 aliphatic rings. The van der Waals surface area contributed by atoms with E-state index in [0.29, 0.717) is 17.3 Å². The minimum Gasteiger partial charge on any atom is -0.472 e. The number of aromatic nitrogens is 5. The van der Waals surface area contributed by atoms with Crippen molar-refractivity contribution in [2.24, 2.45) is 0 Å². The fraction of sp³-hybridized carbons (Fsp3) is 0.484. The SMILES string of the molecule is Cc1c(-c2cc(OC(c3ccc(F)cn3)C(F)(F)F)c3c(C#N)cnn3c2)cnn1C1CCC(O[Si](C)(C)C(C)(C)C)CC1. The van der Waals surface area contributed by atoms with Gasteiger partial charge < -0.3 is 9.16 Å². The van der Waals surface area contributed by atoms with Crippen molar-refractivity contribution in [3.8, 4) is 22.9 Å². The van der Waals surface area contributed by atoms with Gasteiger partial charge in [0.2, 0.25) is 6.10 Å². The molecule has 4 aromatic rings. The van der Waals surface area contributed by atoms with Gasteiger partial charge in [0.25, 0.3) is 0 Å². The van der Waals surface area contributed by atoms with E-state index in [9.17, 15) is 22.8 Å². The molecule has 0 spiro atoms. The number of hydrogen-bond donors (Lipinski definition) is 0. The number of ether oxygens (including phenoxy) is 1. The Morgan fingerprint density at radius 3 is 2.34 bits per heavy atom. The van der Waals surface area contributed by atoms with Crippen LogP contribution in [-0.2, 0) is 4.43 Å². The zero-order valence-electron chi connectivity index (χ0n) is 25.6. The average molecular weight is 629 g/mol. The standard InChI is InChI=1S/C31H36F4N6O2Si/c1-19-25(17-39-41(19)23-8-10-24(11-9-23)43-44(5,6)30(2,3)4)20-13-27(28-21(14-36)15-38-40(28)18-20)42-29(31(33,34)35)26-12-7-22(32)16-37-26/h7,12-13,15-18,23-24,29H,8-11H2,1-6H3. The van der Waals surface area contributed by atoms with Gasteiger partial charge in [-0.2, -0.15) is 28.6 Å². The van der Waals surface area contributed by atoms with Crippen molar-refractivity contribution >= 4 is 13.8 Å². The smallest absolute Gasteiger partial charge is 0.431 e. The topological polar surface area (TPSA) is 90.3 Å². The molecule has 4 aromatic heterocycles. The van der Waals surface area contributed by atoms with Crippen LogP contribution < -0.4 is 4.74 Å². The summed E-state index contributed by atoms with van der Waals surface area (Å²) in [7, 11) is -1.88. The molecular formula is C31H36F4N6O2Si. The maximum atomic E-state index is 14.2. The zero-order chi connectivity index (χ0) is 32.0. The van der Waals surface area contributed by atoms with Gasteiger partial charge in [0.05, 0.1) is 30.3 Å². The van der Waals surface area contributed by atoms with E-state index < -0.39 is 32.1 Å². The van der Waals surface area contributed by atoms with Crippen molar-refractivity contribution in [2.45, 2.75) is 95.9 Å². The van der Waals surface area contributed by atoms with E-state index in [1.54, 1.807) is 12.4 Å². The number of hydrogen-bond acceptors (Lipinski definition) is 6. The van der Waals surface area contributed by atoms with Crippen LogP contribution in [0.1, 0.15) is 75.6 Å². The van der Waals surface area contributed by atoms with Gasteiger partial charge in [0, 0.05) is 29.1 Å². The Morgan fingerprint density at radius 2 is 1.75 bits per heavy atom. The third-order valence-corrected chi connectivity index (χ3v) is 13.4. The van der Waals surface area contributed by atoms with Crippen molar-refractivity contribution in [2.75, 3.05) is 0 Å². The second-order valence-corrected chi connectivity index (χ2v) is 17.7. The molecule has 0 bridgehead atoms. The summed E-state index contributed by atoms with van der Waals surface area (Å²) in [5.41, 5.74) is 1.68. The van der Waals surface area contributed by atoms with Gasteiger partial charge in [-0.3, -0.25) is 9.67 Å². The van der Waals surface area contributed by atoms with Crippen molar-refractivity contribution < 1.29 is 26.7 Å². The minimum absolute atomic E-state index is 0.0450. The molecule has 234 valence electrons. The Balaban J connectivity index is 1.45. The lowest BCUT2D eigenvalue weighted by atomic mass is 9.93. The van der Waals surface area contributed by atoms with Crippen LogP contribution in [0.5, 0.6) is 5.75 Å². The van der Waals surface area contributed by atoms with Gasteiger partial charge in [0.1, 0.15) is 28.7 Å². The predicted molar refractivity (Wildman–Crippen MR) is 159 cm³/mol. The monoisotopic (exact) mass is 628 g/mol.